The molecule has 0 radical (unpaired) electrons. The Bertz CT molecular complexity index is 512. The lowest BCUT2D eigenvalue weighted by atomic mass is 10.1. The van der Waals surface area contributed by atoms with Crippen molar-refractivity contribution in [3.63, 3.8) is 0 Å². The first kappa shape index (κ1) is 10.6. The summed E-state index contributed by atoms with van der Waals surface area (Å²) in [5, 5.41) is 11.4. The van der Waals surface area contributed by atoms with E-state index >= 15 is 0 Å². The first-order valence-electron chi connectivity index (χ1n) is 4.81. The van der Waals surface area contributed by atoms with Gasteiger partial charge in [-0.1, -0.05) is 24.3 Å². The number of thiophene rings is 1. The van der Waals surface area contributed by atoms with Crippen LogP contribution in [0.5, 0.6) is 5.75 Å². The molecule has 0 aliphatic heterocycles. The molecule has 1 aromatic carbocycles. The largest absolute Gasteiger partial charge is 0.507 e. The molecule has 0 amide bonds. The monoisotopic (exact) mass is 230 g/mol. The minimum Gasteiger partial charge on any atom is -0.507 e. The van der Waals surface area contributed by atoms with Crippen LogP contribution in [0, 0.1) is 0 Å². The van der Waals surface area contributed by atoms with Gasteiger partial charge in [0.1, 0.15) is 5.75 Å². The Morgan fingerprint density at radius 3 is 2.69 bits per heavy atom. The number of hydrogen-bond acceptors (Lipinski definition) is 3. The van der Waals surface area contributed by atoms with Gasteiger partial charge in [0.2, 0.25) is 0 Å². The summed E-state index contributed by atoms with van der Waals surface area (Å²) in [6, 6.07) is 10.5. The first-order chi connectivity index (χ1) is 7.77. The van der Waals surface area contributed by atoms with E-state index in [4.69, 9.17) is 0 Å². The van der Waals surface area contributed by atoms with E-state index in [1.165, 1.54) is 17.4 Å². The molecule has 2 nitrogen and oxygen atoms in total. The van der Waals surface area contributed by atoms with E-state index in [0.717, 1.165) is 0 Å². The van der Waals surface area contributed by atoms with Gasteiger partial charge in [-0.25, -0.2) is 0 Å². The van der Waals surface area contributed by atoms with Crippen LogP contribution in [0.25, 0.3) is 6.08 Å². The minimum absolute atomic E-state index is 0.0433. The van der Waals surface area contributed by atoms with E-state index < -0.39 is 0 Å². The molecule has 2 aromatic rings. The number of phenolic OH excluding ortho intramolecular Hbond substituents is 1. The quantitative estimate of drug-likeness (QED) is 0.648. The molecule has 1 aromatic heterocycles. The second kappa shape index (κ2) is 4.77. The molecular weight excluding hydrogens is 220 g/mol. The summed E-state index contributed by atoms with van der Waals surface area (Å²) in [6.07, 6.45) is 3.10. The third kappa shape index (κ3) is 2.38. The van der Waals surface area contributed by atoms with E-state index in [-0.39, 0.29) is 11.5 Å². The average Bonchev–Trinajstić information content (AvgIpc) is 2.81. The number of phenols is 1. The zero-order valence-electron chi connectivity index (χ0n) is 8.46. The van der Waals surface area contributed by atoms with Crippen LogP contribution in [0.1, 0.15) is 15.2 Å². The fourth-order valence-electron chi connectivity index (χ4n) is 1.29. The van der Waals surface area contributed by atoms with Gasteiger partial charge >= 0.3 is 0 Å². The molecule has 16 heavy (non-hydrogen) atoms. The van der Waals surface area contributed by atoms with E-state index in [0.29, 0.717) is 10.4 Å². The van der Waals surface area contributed by atoms with Crippen LogP contribution < -0.4 is 0 Å². The Hall–Kier alpha value is -1.87. The number of aromatic hydroxyl groups is 1. The predicted molar refractivity (Wildman–Crippen MR) is 65.8 cm³/mol. The first-order valence-corrected chi connectivity index (χ1v) is 5.69. The van der Waals surface area contributed by atoms with Crippen molar-refractivity contribution in [1.82, 2.24) is 0 Å². The molecule has 0 bridgehead atoms. The van der Waals surface area contributed by atoms with Crippen LogP contribution in [-0.2, 0) is 0 Å². The van der Waals surface area contributed by atoms with Crippen LogP contribution in [0.4, 0.5) is 0 Å². The molecule has 0 unspecified atom stereocenters. The summed E-state index contributed by atoms with van der Waals surface area (Å²) in [7, 11) is 0. The SMILES string of the molecule is O=C(C=Cc1ccccc1O)c1cccs1. The van der Waals surface area contributed by atoms with Gasteiger partial charge < -0.3 is 5.11 Å². The normalized spacial score (nSPS) is 10.8. The number of benzene rings is 1. The highest BCUT2D eigenvalue weighted by molar-refractivity contribution is 7.12. The smallest absolute Gasteiger partial charge is 0.195 e. The molecule has 0 spiro atoms. The minimum atomic E-state index is -0.0433. The summed E-state index contributed by atoms with van der Waals surface area (Å²) in [6.45, 7) is 0. The molecular formula is C13H10O2S. The molecule has 2 rings (SSSR count). The fourth-order valence-corrected chi connectivity index (χ4v) is 1.94. The van der Waals surface area contributed by atoms with Crippen LogP contribution >= 0.6 is 11.3 Å². The molecule has 3 heteroatoms. The van der Waals surface area contributed by atoms with Gasteiger partial charge in [0, 0.05) is 5.56 Å². The van der Waals surface area contributed by atoms with E-state index in [2.05, 4.69) is 0 Å². The number of carbonyl (C=O) groups is 1. The van der Waals surface area contributed by atoms with Gasteiger partial charge in [-0.05, 0) is 29.7 Å². The van der Waals surface area contributed by atoms with Gasteiger partial charge in [0.25, 0.3) is 0 Å². The van der Waals surface area contributed by atoms with Gasteiger partial charge in [0.15, 0.2) is 5.78 Å². The zero-order chi connectivity index (χ0) is 11.4. The Morgan fingerprint density at radius 1 is 1.19 bits per heavy atom. The lowest BCUT2D eigenvalue weighted by Gasteiger charge is -1.96. The van der Waals surface area contributed by atoms with Crippen molar-refractivity contribution < 1.29 is 9.90 Å². The summed E-state index contributed by atoms with van der Waals surface area (Å²) >= 11 is 1.41. The molecule has 80 valence electrons. The summed E-state index contributed by atoms with van der Waals surface area (Å²) in [5.74, 6) is 0.135. The zero-order valence-corrected chi connectivity index (χ0v) is 9.28. The molecule has 0 saturated carbocycles. The van der Waals surface area contributed by atoms with E-state index in [9.17, 15) is 9.90 Å². The lowest BCUT2D eigenvalue weighted by molar-refractivity contribution is 0.105. The van der Waals surface area contributed by atoms with Crippen LogP contribution in [-0.4, -0.2) is 10.9 Å². The highest BCUT2D eigenvalue weighted by Crippen LogP contribution is 2.18. The molecule has 0 saturated heterocycles. The fraction of sp³-hybridized carbons (Fsp3) is 0. The van der Waals surface area contributed by atoms with Crippen molar-refractivity contribution in [2.45, 2.75) is 0 Å². The van der Waals surface area contributed by atoms with Crippen LogP contribution in [0.15, 0.2) is 47.9 Å². The number of hydrogen-bond donors (Lipinski definition) is 1. The highest BCUT2D eigenvalue weighted by atomic mass is 32.1. The van der Waals surface area contributed by atoms with Gasteiger partial charge in [-0.3, -0.25) is 4.79 Å². The third-order valence-electron chi connectivity index (χ3n) is 2.12. The Balaban J connectivity index is 2.16. The van der Waals surface area contributed by atoms with Crippen LogP contribution in [0.3, 0.4) is 0 Å². The van der Waals surface area contributed by atoms with Crippen molar-refractivity contribution in [2.24, 2.45) is 0 Å². The topological polar surface area (TPSA) is 37.3 Å². The number of allylic oxidation sites excluding steroid dienone is 1. The Morgan fingerprint density at radius 2 is 2.00 bits per heavy atom. The summed E-state index contributed by atoms with van der Waals surface area (Å²) in [4.78, 5) is 12.3. The standard InChI is InChI=1S/C13H10O2S/c14-11-5-2-1-4-10(11)7-8-12(15)13-6-3-9-16-13/h1-9,14H. The summed E-state index contributed by atoms with van der Waals surface area (Å²) in [5.41, 5.74) is 0.646. The van der Waals surface area contributed by atoms with Crippen molar-refractivity contribution in [3.05, 3.63) is 58.3 Å². The Labute approximate surface area is 97.5 Å². The number of rotatable bonds is 3. The highest BCUT2D eigenvalue weighted by Gasteiger charge is 2.02. The number of ketones is 1. The maximum Gasteiger partial charge on any atom is 0.195 e. The van der Waals surface area contributed by atoms with E-state index in [1.54, 1.807) is 30.3 Å². The number of para-hydroxylation sites is 1. The van der Waals surface area contributed by atoms with Crippen molar-refractivity contribution >= 4 is 23.2 Å². The molecule has 0 fully saturated rings. The third-order valence-corrected chi connectivity index (χ3v) is 3.00. The Kier molecular flexibility index (Phi) is 3.17. The van der Waals surface area contributed by atoms with Gasteiger partial charge in [-0.15, -0.1) is 11.3 Å². The number of carbonyl (C=O) groups excluding carboxylic acids is 1. The maximum atomic E-state index is 11.6. The van der Waals surface area contributed by atoms with Crippen molar-refractivity contribution in [2.75, 3.05) is 0 Å². The van der Waals surface area contributed by atoms with Crippen LogP contribution in [0.2, 0.25) is 0 Å². The molecule has 0 atom stereocenters. The summed E-state index contributed by atoms with van der Waals surface area (Å²) < 4.78 is 0. The van der Waals surface area contributed by atoms with Crippen molar-refractivity contribution in [1.29, 1.82) is 0 Å². The second-order valence-electron chi connectivity index (χ2n) is 3.23. The molecule has 0 aliphatic carbocycles. The molecule has 0 aliphatic rings. The predicted octanol–water partition coefficient (Wildman–Crippen LogP) is 3.35. The van der Waals surface area contributed by atoms with Gasteiger partial charge in [0.05, 0.1) is 4.88 Å². The molecule has 1 heterocycles. The van der Waals surface area contributed by atoms with E-state index in [1.807, 2.05) is 17.5 Å². The lowest BCUT2D eigenvalue weighted by Crippen LogP contribution is -1.88. The van der Waals surface area contributed by atoms with Gasteiger partial charge in [-0.2, -0.15) is 0 Å². The average molecular weight is 230 g/mol. The maximum absolute atomic E-state index is 11.6. The molecule has 1 N–H and O–H groups in total. The van der Waals surface area contributed by atoms with Crippen molar-refractivity contribution in [3.8, 4) is 5.75 Å². The second-order valence-corrected chi connectivity index (χ2v) is 4.18.